The molecule has 1 heterocycles. The van der Waals surface area contributed by atoms with Gasteiger partial charge in [-0.1, -0.05) is 187 Å². The van der Waals surface area contributed by atoms with Gasteiger partial charge >= 0.3 is 17.1 Å². The molecule has 0 atom stereocenters. The van der Waals surface area contributed by atoms with E-state index in [0.29, 0.717) is 25.7 Å². The molecular weight excluding hydrogens is 833 g/mol. The summed E-state index contributed by atoms with van der Waals surface area (Å²) in [5.74, 6) is 3.82. The van der Waals surface area contributed by atoms with Gasteiger partial charge in [0.05, 0.1) is 14.2 Å². The highest BCUT2D eigenvalue weighted by Crippen LogP contribution is 2.51. The van der Waals surface area contributed by atoms with Crippen molar-refractivity contribution in [2.45, 2.75) is 208 Å². The van der Waals surface area contributed by atoms with E-state index >= 15 is 0 Å². The lowest BCUT2D eigenvalue weighted by atomic mass is 9.79. The Morgan fingerprint density at radius 1 is 0.369 bits per heavy atom. The van der Waals surface area contributed by atoms with Crippen molar-refractivity contribution in [2.75, 3.05) is 14.2 Å². The first kappa shape index (κ1) is 50.9. The maximum absolute atomic E-state index is 8.20. The number of methoxy groups -OCH3 is 2. The molecule has 65 heavy (non-hydrogen) atoms. The molecule has 0 saturated heterocycles. The van der Waals surface area contributed by atoms with Crippen LogP contribution in [0.2, 0.25) is 22.2 Å². The SMILES string of the molecule is COc1c2cc(C(C)(C)C)cc1Cc1cc(C(C)(C)C)cc3c1O[Si](C(C)C)(C(C)C)O[Si](C(C)C)(C(C)C)Oc1c(cc(C(C)(C)C)cc1C3)Cc1cc(C(C)(C)C)cc(c1OC)C2. The fraction of sp³-hybridized carbons (Fsp3) is 0.586. The zero-order chi connectivity index (χ0) is 48.6. The van der Waals surface area contributed by atoms with E-state index in [1.54, 1.807) is 0 Å². The molecule has 1 aliphatic heterocycles. The fourth-order valence-electron chi connectivity index (χ4n) is 10.3. The first-order chi connectivity index (χ1) is 29.9. The van der Waals surface area contributed by atoms with Crippen molar-refractivity contribution in [3.8, 4) is 23.0 Å². The first-order valence-corrected chi connectivity index (χ1v) is 28.6. The predicted molar refractivity (Wildman–Crippen MR) is 279 cm³/mol. The largest absolute Gasteiger partial charge is 0.520 e. The topological polar surface area (TPSA) is 46.2 Å². The van der Waals surface area contributed by atoms with Crippen LogP contribution in [0.4, 0.5) is 0 Å². The third-order valence-electron chi connectivity index (χ3n) is 14.4. The van der Waals surface area contributed by atoms with E-state index in [-0.39, 0.29) is 43.8 Å². The summed E-state index contributed by atoms with van der Waals surface area (Å²) in [6.07, 6.45) is 2.61. The van der Waals surface area contributed by atoms with E-state index < -0.39 is 17.1 Å². The Bertz CT molecular complexity index is 2210. The standard InChI is InChI=1S/C58H86O5Si2/c1-35(2)64(36(3)4)61-53-43-24-41-29-47(55(9,10)11)27-39(51(41)59-21)23-40-28-48(56(12,13)14)30-42(52(40)60-22)25-44-32-50(58(18,19)20)34-46(26-45(53)33-49(31-43)57(15,16)17)54(44)62-65(63-64,37(5)6)38(7)8/h27-38H,23-26H2,1-22H3. The molecule has 356 valence electrons. The average molecular weight is 919 g/mol. The summed E-state index contributed by atoms with van der Waals surface area (Å²) in [5.41, 5.74) is 14.6. The number of rotatable bonds is 6. The maximum atomic E-state index is 8.20. The molecule has 6 rings (SSSR count). The highest BCUT2D eigenvalue weighted by atomic mass is 28.5. The molecule has 7 heteroatoms. The van der Waals surface area contributed by atoms with Crippen LogP contribution in [0, 0.1) is 0 Å². The third-order valence-corrected chi connectivity index (χ3v) is 24.5. The van der Waals surface area contributed by atoms with Crippen molar-refractivity contribution < 1.29 is 22.4 Å². The second-order valence-electron chi connectivity index (χ2n) is 25.0. The van der Waals surface area contributed by atoms with Crippen LogP contribution in [0.1, 0.15) is 205 Å². The van der Waals surface area contributed by atoms with Crippen molar-refractivity contribution >= 4 is 17.1 Å². The zero-order valence-corrected chi connectivity index (χ0v) is 46.8. The molecule has 0 N–H and O–H groups in total. The van der Waals surface area contributed by atoms with E-state index in [0.717, 1.165) is 34.1 Å². The number of hydrogen-bond donors (Lipinski definition) is 0. The van der Waals surface area contributed by atoms with Crippen LogP contribution in [-0.2, 0) is 51.5 Å². The van der Waals surface area contributed by atoms with Crippen LogP contribution < -0.4 is 18.3 Å². The zero-order valence-electron chi connectivity index (χ0n) is 44.8. The molecular formula is C58H86O5Si2. The molecule has 0 radical (unpaired) electrons. The number of ether oxygens (including phenoxy) is 2. The minimum absolute atomic E-state index is 0.107. The maximum Gasteiger partial charge on any atom is 0.396 e. The van der Waals surface area contributed by atoms with Gasteiger partial charge in [0.15, 0.2) is 0 Å². The van der Waals surface area contributed by atoms with Crippen molar-refractivity contribution in [3.05, 3.63) is 115 Å². The minimum atomic E-state index is -3.17. The Morgan fingerprint density at radius 2 is 0.569 bits per heavy atom. The van der Waals surface area contributed by atoms with E-state index in [2.05, 4.69) is 187 Å². The van der Waals surface area contributed by atoms with Crippen LogP contribution in [-0.4, -0.2) is 31.3 Å². The second kappa shape index (κ2) is 17.8. The molecule has 0 aromatic heterocycles. The fourth-order valence-corrected chi connectivity index (χ4v) is 21.2. The summed E-state index contributed by atoms with van der Waals surface area (Å²) in [5, 5.41) is 0. The molecule has 0 saturated carbocycles. The Hall–Kier alpha value is -3.53. The quantitative estimate of drug-likeness (QED) is 0.159. The monoisotopic (exact) mass is 919 g/mol. The number of hydrogen-bond acceptors (Lipinski definition) is 5. The highest BCUT2D eigenvalue weighted by Gasteiger charge is 2.59. The van der Waals surface area contributed by atoms with E-state index in [9.17, 15) is 0 Å². The lowest BCUT2D eigenvalue weighted by Gasteiger charge is -2.49. The molecule has 5 nitrogen and oxygen atoms in total. The smallest absolute Gasteiger partial charge is 0.396 e. The van der Waals surface area contributed by atoms with Gasteiger partial charge < -0.3 is 22.4 Å². The van der Waals surface area contributed by atoms with Gasteiger partial charge in [-0.05, 0) is 88.4 Å². The molecule has 10 bridgehead atoms. The molecule has 0 unspecified atom stereocenters. The summed E-state index contributed by atoms with van der Waals surface area (Å²) in [6.45, 7) is 46.5. The van der Waals surface area contributed by atoms with Gasteiger partial charge in [0.1, 0.15) is 23.0 Å². The van der Waals surface area contributed by atoms with Gasteiger partial charge in [-0.3, -0.25) is 0 Å². The Labute approximate surface area is 398 Å². The lowest BCUT2D eigenvalue weighted by Crippen LogP contribution is -2.64. The average Bonchev–Trinajstić information content (AvgIpc) is 3.16. The molecule has 4 aromatic carbocycles. The summed E-state index contributed by atoms with van der Waals surface area (Å²) in [7, 11) is -2.66. The van der Waals surface area contributed by atoms with Gasteiger partial charge in [-0.2, -0.15) is 0 Å². The molecule has 0 amide bonds. The minimum Gasteiger partial charge on any atom is -0.520 e. The molecule has 0 spiro atoms. The van der Waals surface area contributed by atoms with Crippen LogP contribution in [0.15, 0.2) is 48.5 Å². The van der Waals surface area contributed by atoms with Gasteiger partial charge in [-0.15, -0.1) is 0 Å². The summed E-state index contributed by atoms with van der Waals surface area (Å²) in [4.78, 5) is 0. The van der Waals surface area contributed by atoms with Crippen LogP contribution >= 0.6 is 0 Å². The van der Waals surface area contributed by atoms with Gasteiger partial charge in [0, 0.05) is 47.8 Å². The lowest BCUT2D eigenvalue weighted by molar-refractivity contribution is 0.270. The van der Waals surface area contributed by atoms with Crippen LogP contribution in [0.25, 0.3) is 0 Å². The van der Waals surface area contributed by atoms with Gasteiger partial charge in [-0.25, -0.2) is 0 Å². The Balaban J connectivity index is 1.92. The van der Waals surface area contributed by atoms with E-state index in [1.807, 2.05) is 14.2 Å². The second-order valence-corrected chi connectivity index (χ2v) is 33.7. The van der Waals surface area contributed by atoms with Crippen molar-refractivity contribution in [3.63, 3.8) is 0 Å². The molecule has 1 aliphatic carbocycles. The summed E-state index contributed by atoms with van der Waals surface area (Å²) < 4.78 is 37.6. The van der Waals surface area contributed by atoms with Crippen molar-refractivity contribution in [2.24, 2.45) is 0 Å². The summed E-state index contributed by atoms with van der Waals surface area (Å²) >= 11 is 0. The summed E-state index contributed by atoms with van der Waals surface area (Å²) in [6, 6.07) is 19.4. The van der Waals surface area contributed by atoms with Gasteiger partial charge in [0.25, 0.3) is 0 Å². The van der Waals surface area contributed by atoms with E-state index in [4.69, 9.17) is 22.4 Å². The number of benzene rings is 4. The predicted octanol–water partition coefficient (Wildman–Crippen LogP) is 15.9. The highest BCUT2D eigenvalue weighted by molar-refractivity contribution is 6.84. The van der Waals surface area contributed by atoms with Crippen LogP contribution in [0.5, 0.6) is 23.0 Å². The first-order valence-electron chi connectivity index (χ1n) is 24.7. The number of fused-ring (bicyclic) bond motifs is 4. The molecule has 2 aliphatic rings. The van der Waals surface area contributed by atoms with Crippen molar-refractivity contribution in [1.82, 2.24) is 0 Å². The van der Waals surface area contributed by atoms with Crippen LogP contribution in [0.3, 0.4) is 0 Å². The molecule has 0 fully saturated rings. The normalized spacial score (nSPS) is 16.6. The molecule has 4 aromatic rings. The third kappa shape index (κ3) is 9.91. The Morgan fingerprint density at radius 3 is 0.769 bits per heavy atom. The van der Waals surface area contributed by atoms with Crippen molar-refractivity contribution in [1.29, 1.82) is 0 Å². The van der Waals surface area contributed by atoms with E-state index in [1.165, 1.54) is 55.6 Å². The van der Waals surface area contributed by atoms with Gasteiger partial charge in [0.2, 0.25) is 0 Å². The Kier molecular flexibility index (Phi) is 14.0.